The lowest BCUT2D eigenvalue weighted by molar-refractivity contribution is 0.0563. The Morgan fingerprint density at radius 2 is 2.32 bits per heavy atom. The molecule has 1 aliphatic rings. The Balaban J connectivity index is 1.72. The Morgan fingerprint density at radius 1 is 1.44 bits per heavy atom. The first-order valence-electron chi connectivity index (χ1n) is 8.41. The third-order valence-electron chi connectivity index (χ3n) is 4.59. The minimum atomic E-state index is -0.240. The van der Waals surface area contributed by atoms with Gasteiger partial charge in [-0.3, -0.25) is 4.79 Å². The molecule has 130 valence electrons. The van der Waals surface area contributed by atoms with Crippen molar-refractivity contribution in [3.8, 4) is 0 Å². The van der Waals surface area contributed by atoms with E-state index >= 15 is 0 Å². The lowest BCUT2D eigenvalue weighted by atomic mass is 10.1. The third-order valence-corrected chi connectivity index (χ3v) is 4.59. The van der Waals surface area contributed by atoms with Crippen molar-refractivity contribution in [2.24, 2.45) is 0 Å². The Hall–Kier alpha value is -2.54. The van der Waals surface area contributed by atoms with Gasteiger partial charge in [-0.2, -0.15) is 5.10 Å². The molecule has 3 aromatic rings. The Kier molecular flexibility index (Phi) is 4.09. The summed E-state index contributed by atoms with van der Waals surface area (Å²) in [5, 5.41) is 4.83. The number of rotatable bonds is 3. The van der Waals surface area contributed by atoms with Gasteiger partial charge in [-0.1, -0.05) is 12.1 Å². The van der Waals surface area contributed by atoms with Gasteiger partial charge in [0.25, 0.3) is 5.56 Å². The summed E-state index contributed by atoms with van der Waals surface area (Å²) >= 11 is 0. The number of aryl methyl sites for hydroxylation is 1. The number of nitrogens with one attached hydrogen (secondary N) is 1. The highest BCUT2D eigenvalue weighted by molar-refractivity contribution is 5.73. The average molecular weight is 342 g/mol. The van der Waals surface area contributed by atoms with Crippen LogP contribution in [0.5, 0.6) is 0 Å². The molecule has 0 aliphatic carbocycles. The first kappa shape index (κ1) is 16.0. The van der Waals surface area contributed by atoms with Gasteiger partial charge in [-0.25, -0.2) is 14.1 Å². The van der Waals surface area contributed by atoms with Crippen LogP contribution in [-0.2, 0) is 11.2 Å². The van der Waals surface area contributed by atoms with Gasteiger partial charge < -0.3 is 9.72 Å². The lowest BCUT2D eigenvalue weighted by Gasteiger charge is -2.22. The van der Waals surface area contributed by atoms with Crippen LogP contribution in [0.3, 0.4) is 0 Å². The van der Waals surface area contributed by atoms with E-state index in [0.717, 1.165) is 25.0 Å². The SMILES string of the molecule is Cc1cc(Cc2nc3c(cnn3C3CCCOC3)c(=O)[nH]2)ccc1F. The van der Waals surface area contributed by atoms with Crippen LogP contribution in [0.4, 0.5) is 4.39 Å². The summed E-state index contributed by atoms with van der Waals surface area (Å²) in [7, 11) is 0. The zero-order valence-corrected chi connectivity index (χ0v) is 14.0. The van der Waals surface area contributed by atoms with E-state index in [0.29, 0.717) is 35.4 Å². The van der Waals surface area contributed by atoms with Gasteiger partial charge in [0.05, 0.1) is 18.8 Å². The van der Waals surface area contributed by atoms with Crippen LogP contribution in [-0.4, -0.2) is 33.0 Å². The number of nitrogens with zero attached hydrogens (tertiary/aromatic N) is 3. The summed E-state index contributed by atoms with van der Waals surface area (Å²) < 4.78 is 20.8. The minimum Gasteiger partial charge on any atom is -0.379 e. The zero-order valence-electron chi connectivity index (χ0n) is 14.0. The van der Waals surface area contributed by atoms with E-state index in [1.807, 2.05) is 0 Å². The van der Waals surface area contributed by atoms with Crippen LogP contribution in [0.25, 0.3) is 11.0 Å². The molecule has 1 aromatic carbocycles. The van der Waals surface area contributed by atoms with Crippen molar-refractivity contribution < 1.29 is 9.13 Å². The van der Waals surface area contributed by atoms with Gasteiger partial charge in [0, 0.05) is 13.0 Å². The molecule has 4 rings (SSSR count). The highest BCUT2D eigenvalue weighted by Crippen LogP contribution is 2.22. The molecule has 1 atom stereocenters. The zero-order chi connectivity index (χ0) is 17.4. The summed E-state index contributed by atoms with van der Waals surface area (Å²) in [6, 6.07) is 5.01. The summed E-state index contributed by atoms with van der Waals surface area (Å²) in [6.07, 6.45) is 3.91. The van der Waals surface area contributed by atoms with Crippen molar-refractivity contribution in [2.75, 3.05) is 13.2 Å². The molecule has 1 saturated heterocycles. The predicted molar refractivity (Wildman–Crippen MR) is 91.2 cm³/mol. The van der Waals surface area contributed by atoms with Gasteiger partial charge in [0.2, 0.25) is 0 Å². The maximum atomic E-state index is 13.4. The summed E-state index contributed by atoms with van der Waals surface area (Å²) in [6.45, 7) is 3.06. The Bertz CT molecular complexity index is 973. The molecule has 3 heterocycles. The van der Waals surface area contributed by atoms with E-state index in [1.165, 1.54) is 6.07 Å². The van der Waals surface area contributed by atoms with Crippen LogP contribution in [0, 0.1) is 12.7 Å². The summed E-state index contributed by atoms with van der Waals surface area (Å²) in [5.41, 5.74) is 1.84. The Morgan fingerprint density at radius 3 is 3.08 bits per heavy atom. The van der Waals surface area contributed by atoms with Crippen molar-refractivity contribution in [1.82, 2.24) is 19.7 Å². The number of benzene rings is 1. The van der Waals surface area contributed by atoms with Crippen molar-refractivity contribution in [3.63, 3.8) is 0 Å². The second-order valence-corrected chi connectivity index (χ2v) is 6.47. The molecule has 0 spiro atoms. The van der Waals surface area contributed by atoms with Gasteiger partial charge in [0.1, 0.15) is 17.0 Å². The number of fused-ring (bicyclic) bond motifs is 1. The van der Waals surface area contributed by atoms with E-state index in [1.54, 1.807) is 29.9 Å². The molecule has 0 saturated carbocycles. The fraction of sp³-hybridized carbons (Fsp3) is 0.389. The number of hydrogen-bond acceptors (Lipinski definition) is 4. The number of aromatic nitrogens is 4. The normalized spacial score (nSPS) is 17.9. The topological polar surface area (TPSA) is 72.8 Å². The highest BCUT2D eigenvalue weighted by Gasteiger charge is 2.20. The van der Waals surface area contributed by atoms with E-state index in [2.05, 4.69) is 15.1 Å². The number of ether oxygens (including phenoxy) is 1. The van der Waals surface area contributed by atoms with Crippen LogP contribution in [0.2, 0.25) is 0 Å². The molecule has 6 nitrogen and oxygen atoms in total. The molecule has 0 bridgehead atoms. The first-order chi connectivity index (χ1) is 12.1. The van der Waals surface area contributed by atoms with E-state index < -0.39 is 0 Å². The maximum absolute atomic E-state index is 13.4. The molecule has 1 aliphatic heterocycles. The molecular formula is C18H19FN4O2. The number of H-pyrrole nitrogens is 1. The van der Waals surface area contributed by atoms with Gasteiger partial charge >= 0.3 is 0 Å². The smallest absolute Gasteiger partial charge is 0.262 e. The molecule has 0 radical (unpaired) electrons. The molecule has 1 fully saturated rings. The van der Waals surface area contributed by atoms with Crippen molar-refractivity contribution in [1.29, 1.82) is 0 Å². The number of aromatic amines is 1. The fourth-order valence-electron chi connectivity index (χ4n) is 3.26. The van der Waals surface area contributed by atoms with Crippen LogP contribution in [0.1, 0.15) is 35.8 Å². The average Bonchev–Trinajstić information content (AvgIpc) is 3.03. The largest absolute Gasteiger partial charge is 0.379 e. The van der Waals surface area contributed by atoms with Gasteiger partial charge in [0.15, 0.2) is 5.65 Å². The van der Waals surface area contributed by atoms with E-state index in [9.17, 15) is 9.18 Å². The van der Waals surface area contributed by atoms with Gasteiger partial charge in [-0.05, 0) is 37.0 Å². The predicted octanol–water partition coefficient (Wildman–Crippen LogP) is 2.51. The molecule has 1 N–H and O–H groups in total. The monoisotopic (exact) mass is 342 g/mol. The highest BCUT2D eigenvalue weighted by atomic mass is 19.1. The van der Waals surface area contributed by atoms with E-state index in [-0.39, 0.29) is 17.4 Å². The molecule has 1 unspecified atom stereocenters. The van der Waals surface area contributed by atoms with Crippen molar-refractivity contribution >= 4 is 11.0 Å². The lowest BCUT2D eigenvalue weighted by Crippen LogP contribution is -2.23. The molecular weight excluding hydrogens is 323 g/mol. The summed E-state index contributed by atoms with van der Waals surface area (Å²) in [5.74, 6) is 0.304. The molecule has 7 heteroatoms. The second kappa shape index (κ2) is 6.40. The molecule has 2 aromatic heterocycles. The second-order valence-electron chi connectivity index (χ2n) is 6.47. The van der Waals surface area contributed by atoms with Crippen LogP contribution < -0.4 is 5.56 Å². The Labute approximate surface area is 143 Å². The summed E-state index contributed by atoms with van der Waals surface area (Å²) in [4.78, 5) is 19.8. The van der Waals surface area contributed by atoms with Crippen LogP contribution >= 0.6 is 0 Å². The number of hydrogen-bond donors (Lipinski definition) is 1. The minimum absolute atomic E-state index is 0.0986. The van der Waals surface area contributed by atoms with Crippen molar-refractivity contribution in [3.05, 3.63) is 57.5 Å². The maximum Gasteiger partial charge on any atom is 0.262 e. The quantitative estimate of drug-likeness (QED) is 0.794. The number of halogens is 1. The van der Waals surface area contributed by atoms with E-state index in [4.69, 9.17) is 4.74 Å². The standard InChI is InChI=1S/C18H19FN4O2/c1-11-7-12(4-5-15(11)19)8-16-21-17-14(18(24)22-16)9-20-23(17)13-3-2-6-25-10-13/h4-5,7,9,13H,2-3,6,8,10H2,1H3,(H,21,22,24). The third kappa shape index (κ3) is 3.07. The fourth-order valence-corrected chi connectivity index (χ4v) is 3.26. The first-order valence-corrected chi connectivity index (χ1v) is 8.41. The van der Waals surface area contributed by atoms with Crippen LogP contribution in [0.15, 0.2) is 29.2 Å². The van der Waals surface area contributed by atoms with Gasteiger partial charge in [-0.15, -0.1) is 0 Å². The molecule has 25 heavy (non-hydrogen) atoms. The molecule has 0 amide bonds. The van der Waals surface area contributed by atoms with Crippen molar-refractivity contribution in [2.45, 2.75) is 32.2 Å².